The number of sulfone groups is 1. The average molecular weight is 510 g/mol. The Kier molecular flexibility index (Phi) is 5.91. The van der Waals surface area contributed by atoms with Crippen molar-refractivity contribution in [1.29, 1.82) is 5.26 Å². The average Bonchev–Trinajstić information content (AvgIpc) is 3.67. The lowest BCUT2D eigenvalue weighted by Crippen LogP contribution is -2.44. The minimum absolute atomic E-state index is 0.00426. The van der Waals surface area contributed by atoms with Gasteiger partial charge in [0.1, 0.15) is 10.6 Å². The number of ether oxygens (including phenoxy) is 1. The minimum atomic E-state index is -3.90. The Morgan fingerprint density at radius 1 is 1.17 bits per heavy atom. The van der Waals surface area contributed by atoms with E-state index in [9.17, 15) is 8.42 Å². The number of halogens is 1. The Morgan fingerprint density at radius 2 is 1.91 bits per heavy atom. The normalized spacial score (nSPS) is 19.2. The molecule has 5 rings (SSSR count). The van der Waals surface area contributed by atoms with Gasteiger partial charge in [0.25, 0.3) is 0 Å². The molecule has 2 fully saturated rings. The molecule has 0 bridgehead atoms. The van der Waals surface area contributed by atoms with E-state index in [1.165, 1.54) is 18.2 Å². The molecule has 180 valence electrons. The molecule has 0 amide bonds. The summed E-state index contributed by atoms with van der Waals surface area (Å²) in [6.07, 6.45) is 0.837. The summed E-state index contributed by atoms with van der Waals surface area (Å²) in [6, 6.07) is 15.3. The van der Waals surface area contributed by atoms with E-state index in [0.717, 1.165) is 5.56 Å². The van der Waals surface area contributed by atoms with Gasteiger partial charge in [-0.3, -0.25) is 0 Å². The van der Waals surface area contributed by atoms with Gasteiger partial charge in [0.15, 0.2) is 15.7 Å². The van der Waals surface area contributed by atoms with Gasteiger partial charge in [-0.05, 0) is 62.2 Å². The van der Waals surface area contributed by atoms with Crippen LogP contribution in [0.4, 0.5) is 11.5 Å². The zero-order valence-electron chi connectivity index (χ0n) is 19.1. The highest BCUT2D eigenvalue weighted by atomic mass is 35.5. The van der Waals surface area contributed by atoms with Crippen molar-refractivity contribution in [2.45, 2.75) is 35.4 Å². The molecule has 8 nitrogen and oxygen atoms in total. The number of hydrogen-bond donors (Lipinski definition) is 1. The van der Waals surface area contributed by atoms with Crippen LogP contribution in [-0.2, 0) is 19.3 Å². The molecule has 2 heterocycles. The topological polar surface area (TPSA) is 122 Å². The van der Waals surface area contributed by atoms with Crippen molar-refractivity contribution in [2.75, 3.05) is 30.4 Å². The first-order valence-corrected chi connectivity index (χ1v) is 13.2. The van der Waals surface area contributed by atoms with Gasteiger partial charge in [-0.25, -0.2) is 18.4 Å². The Labute approximate surface area is 209 Å². The second-order valence-corrected chi connectivity index (χ2v) is 11.6. The standard InChI is InChI=1S/C25H24ClN5O3S/c1-16-15-34-11-10-31(16)23-13-22(29-24(30-23)18-3-5-19(28)6-4-18)25(8-9-25)35(32,33)21-7-2-17(14-27)12-20(21)26/h2-7,12-13,16H,8-11,15,28H2,1H3/t16-/m0/s1. The number of nitriles is 1. The monoisotopic (exact) mass is 509 g/mol. The SMILES string of the molecule is C[C@H]1COCCN1c1cc(C2(S(=O)(=O)c3ccc(C#N)cc3Cl)CC2)nc(-c2ccc(N)cc2)n1. The summed E-state index contributed by atoms with van der Waals surface area (Å²) in [5.74, 6) is 1.09. The molecule has 0 radical (unpaired) electrons. The van der Waals surface area contributed by atoms with Crippen molar-refractivity contribution in [3.8, 4) is 17.5 Å². The van der Waals surface area contributed by atoms with Crippen LogP contribution in [0, 0.1) is 11.3 Å². The number of nitrogens with two attached hydrogens (primary N) is 1. The number of benzene rings is 2. The van der Waals surface area contributed by atoms with Gasteiger partial charge in [0.2, 0.25) is 0 Å². The minimum Gasteiger partial charge on any atom is -0.399 e. The van der Waals surface area contributed by atoms with Crippen molar-refractivity contribution in [1.82, 2.24) is 9.97 Å². The summed E-state index contributed by atoms with van der Waals surface area (Å²) in [4.78, 5) is 11.7. The Balaban J connectivity index is 1.65. The summed E-state index contributed by atoms with van der Waals surface area (Å²) in [7, 11) is -3.90. The van der Waals surface area contributed by atoms with Crippen LogP contribution in [0.3, 0.4) is 0 Å². The highest BCUT2D eigenvalue weighted by molar-refractivity contribution is 7.92. The third kappa shape index (κ3) is 4.12. The fraction of sp³-hybridized carbons (Fsp3) is 0.320. The van der Waals surface area contributed by atoms with Gasteiger partial charge < -0.3 is 15.4 Å². The van der Waals surface area contributed by atoms with Crippen molar-refractivity contribution < 1.29 is 13.2 Å². The van der Waals surface area contributed by atoms with Gasteiger partial charge in [0.05, 0.1) is 46.5 Å². The molecule has 1 saturated heterocycles. The molecule has 3 aromatic rings. The lowest BCUT2D eigenvalue weighted by Gasteiger charge is -2.34. The Bertz CT molecular complexity index is 1430. The van der Waals surface area contributed by atoms with Crippen LogP contribution in [0.1, 0.15) is 31.0 Å². The van der Waals surface area contributed by atoms with Gasteiger partial charge in [0, 0.05) is 23.9 Å². The molecule has 1 atom stereocenters. The van der Waals surface area contributed by atoms with E-state index in [1.807, 2.05) is 25.1 Å². The molecule has 2 N–H and O–H groups in total. The maximum Gasteiger partial charge on any atom is 0.191 e. The van der Waals surface area contributed by atoms with Crippen LogP contribution in [0.15, 0.2) is 53.4 Å². The van der Waals surface area contributed by atoms with E-state index in [-0.39, 0.29) is 16.0 Å². The number of anilines is 2. The Hall–Kier alpha value is -3.19. The molecule has 1 aliphatic carbocycles. The van der Waals surface area contributed by atoms with Gasteiger partial charge in [-0.2, -0.15) is 5.26 Å². The number of rotatable bonds is 5. The summed E-state index contributed by atoms with van der Waals surface area (Å²) in [6.45, 7) is 3.80. The van der Waals surface area contributed by atoms with Gasteiger partial charge in [-0.1, -0.05) is 11.6 Å². The largest absolute Gasteiger partial charge is 0.399 e. The van der Waals surface area contributed by atoms with Crippen molar-refractivity contribution in [2.24, 2.45) is 0 Å². The quantitative estimate of drug-likeness (QED) is 0.513. The number of nitrogens with zero attached hydrogens (tertiary/aromatic N) is 4. The number of aromatic nitrogens is 2. The molecule has 2 aliphatic rings. The molecular formula is C25H24ClN5O3S. The maximum atomic E-state index is 13.9. The van der Waals surface area contributed by atoms with Crippen LogP contribution >= 0.6 is 11.6 Å². The first kappa shape index (κ1) is 23.5. The summed E-state index contributed by atoms with van der Waals surface area (Å²) >= 11 is 6.33. The molecule has 10 heteroatoms. The highest BCUT2D eigenvalue weighted by Gasteiger charge is 2.58. The lowest BCUT2D eigenvalue weighted by molar-refractivity contribution is 0.0985. The lowest BCUT2D eigenvalue weighted by atomic mass is 10.1. The van der Waals surface area contributed by atoms with E-state index in [1.54, 1.807) is 18.2 Å². The fourth-order valence-electron chi connectivity index (χ4n) is 4.42. The first-order valence-electron chi connectivity index (χ1n) is 11.3. The summed E-state index contributed by atoms with van der Waals surface area (Å²) < 4.78 is 32.2. The van der Waals surface area contributed by atoms with Crippen LogP contribution in [0.2, 0.25) is 5.02 Å². The van der Waals surface area contributed by atoms with E-state index >= 15 is 0 Å². The molecular weight excluding hydrogens is 486 g/mol. The van der Waals surface area contributed by atoms with Crippen LogP contribution in [0.25, 0.3) is 11.4 Å². The summed E-state index contributed by atoms with van der Waals surface area (Å²) in [5.41, 5.74) is 7.96. The van der Waals surface area contributed by atoms with Crippen molar-refractivity contribution in [3.05, 3.63) is 64.8 Å². The third-order valence-corrected chi connectivity index (χ3v) is 9.59. The third-order valence-electron chi connectivity index (χ3n) is 6.58. The summed E-state index contributed by atoms with van der Waals surface area (Å²) in [5, 5.41) is 9.17. The first-order chi connectivity index (χ1) is 16.7. The molecule has 1 aromatic heterocycles. The molecule has 1 aliphatic heterocycles. The number of hydrogen-bond acceptors (Lipinski definition) is 8. The van der Waals surface area contributed by atoms with Gasteiger partial charge in [-0.15, -0.1) is 0 Å². The van der Waals surface area contributed by atoms with Crippen LogP contribution in [-0.4, -0.2) is 44.2 Å². The van der Waals surface area contributed by atoms with E-state index in [4.69, 9.17) is 37.3 Å². The van der Waals surface area contributed by atoms with E-state index < -0.39 is 14.6 Å². The second kappa shape index (κ2) is 8.79. The smallest absolute Gasteiger partial charge is 0.191 e. The molecule has 1 saturated carbocycles. The number of morpholine rings is 1. The zero-order valence-corrected chi connectivity index (χ0v) is 20.7. The van der Waals surface area contributed by atoms with Crippen molar-refractivity contribution in [3.63, 3.8) is 0 Å². The van der Waals surface area contributed by atoms with E-state index in [2.05, 4.69) is 4.90 Å². The molecule has 2 aromatic carbocycles. The van der Waals surface area contributed by atoms with E-state index in [0.29, 0.717) is 61.2 Å². The van der Waals surface area contributed by atoms with Gasteiger partial charge >= 0.3 is 0 Å². The highest BCUT2D eigenvalue weighted by Crippen LogP contribution is 2.56. The predicted molar refractivity (Wildman–Crippen MR) is 134 cm³/mol. The zero-order chi connectivity index (χ0) is 24.8. The Morgan fingerprint density at radius 3 is 2.54 bits per heavy atom. The molecule has 0 unspecified atom stereocenters. The maximum absolute atomic E-state index is 13.9. The molecule has 35 heavy (non-hydrogen) atoms. The molecule has 0 spiro atoms. The van der Waals surface area contributed by atoms with Crippen LogP contribution < -0.4 is 10.6 Å². The van der Waals surface area contributed by atoms with Crippen LogP contribution in [0.5, 0.6) is 0 Å². The van der Waals surface area contributed by atoms with Crippen molar-refractivity contribution >= 4 is 32.9 Å². The number of nitrogen functional groups attached to an aromatic ring is 1. The predicted octanol–water partition coefficient (Wildman–Crippen LogP) is 3.94. The second-order valence-electron chi connectivity index (χ2n) is 8.93. The fourth-order valence-corrected chi connectivity index (χ4v) is 6.91.